The molecule has 3 heteroatoms. The fourth-order valence-electron chi connectivity index (χ4n) is 2.24. The predicted octanol–water partition coefficient (Wildman–Crippen LogP) is 3.91. The summed E-state index contributed by atoms with van der Waals surface area (Å²) in [6.07, 6.45) is 4.01. The fraction of sp³-hybridized carbons (Fsp3) is 0.438. The van der Waals surface area contributed by atoms with Crippen LogP contribution in [0.2, 0.25) is 0 Å². The lowest BCUT2D eigenvalue weighted by molar-refractivity contribution is 0.550. The molecule has 0 saturated carbocycles. The normalized spacial score (nSPS) is 12.6. The van der Waals surface area contributed by atoms with Gasteiger partial charge in [0.25, 0.3) is 0 Å². The molecule has 1 atom stereocenters. The van der Waals surface area contributed by atoms with Gasteiger partial charge in [0.15, 0.2) is 0 Å². The van der Waals surface area contributed by atoms with E-state index in [1.165, 1.54) is 16.0 Å². The van der Waals surface area contributed by atoms with Crippen LogP contribution in [0.1, 0.15) is 41.6 Å². The number of aryl methyl sites for hydroxylation is 2. The minimum atomic E-state index is 0.380. The Kier molecular flexibility index (Phi) is 5.11. The van der Waals surface area contributed by atoms with Crippen LogP contribution in [0.5, 0.6) is 0 Å². The average Bonchev–Trinajstić information content (AvgIpc) is 2.85. The van der Waals surface area contributed by atoms with E-state index in [-0.39, 0.29) is 0 Å². The van der Waals surface area contributed by atoms with E-state index in [0.29, 0.717) is 6.04 Å². The molecular weight excluding hydrogens is 252 g/mol. The second kappa shape index (κ2) is 6.83. The summed E-state index contributed by atoms with van der Waals surface area (Å²) in [5.74, 6) is 0. The topological polar surface area (TPSA) is 24.9 Å². The van der Waals surface area contributed by atoms with Crippen LogP contribution >= 0.6 is 11.3 Å². The van der Waals surface area contributed by atoms with Crippen molar-refractivity contribution in [3.63, 3.8) is 0 Å². The van der Waals surface area contributed by atoms with Gasteiger partial charge in [-0.2, -0.15) is 0 Å². The van der Waals surface area contributed by atoms with Crippen molar-refractivity contribution in [1.29, 1.82) is 0 Å². The zero-order chi connectivity index (χ0) is 13.7. The largest absolute Gasteiger partial charge is 0.309 e. The van der Waals surface area contributed by atoms with E-state index in [1.807, 2.05) is 17.5 Å². The van der Waals surface area contributed by atoms with Crippen LogP contribution in [0, 0.1) is 6.92 Å². The van der Waals surface area contributed by atoms with Gasteiger partial charge in [-0.1, -0.05) is 19.9 Å². The standard InChI is InChI=1S/C16H22N2S/c1-4-13-6-7-14(18-11-13)10-15(17-5-2)16-12(3)8-9-19-16/h6-9,11,15,17H,4-5,10H2,1-3H3. The number of rotatable bonds is 6. The van der Waals surface area contributed by atoms with E-state index >= 15 is 0 Å². The highest BCUT2D eigenvalue weighted by Gasteiger charge is 2.15. The summed E-state index contributed by atoms with van der Waals surface area (Å²) in [6, 6.07) is 6.92. The van der Waals surface area contributed by atoms with Crippen LogP contribution in [0.4, 0.5) is 0 Å². The van der Waals surface area contributed by atoms with Crippen molar-refractivity contribution in [3.8, 4) is 0 Å². The number of hydrogen-bond donors (Lipinski definition) is 1. The molecule has 0 aromatic carbocycles. The van der Waals surface area contributed by atoms with Gasteiger partial charge in [-0.3, -0.25) is 4.98 Å². The second-order valence-corrected chi connectivity index (χ2v) is 5.74. The van der Waals surface area contributed by atoms with Gasteiger partial charge in [0.05, 0.1) is 0 Å². The molecule has 0 bridgehead atoms. The molecule has 19 heavy (non-hydrogen) atoms. The summed E-state index contributed by atoms with van der Waals surface area (Å²) in [4.78, 5) is 6.01. The third-order valence-corrected chi connectivity index (χ3v) is 4.51. The highest BCUT2D eigenvalue weighted by atomic mass is 32.1. The maximum atomic E-state index is 4.58. The summed E-state index contributed by atoms with van der Waals surface area (Å²) >= 11 is 1.83. The molecule has 0 saturated heterocycles. The van der Waals surface area contributed by atoms with E-state index < -0.39 is 0 Å². The van der Waals surface area contributed by atoms with Crippen molar-refractivity contribution in [2.45, 2.75) is 39.7 Å². The smallest absolute Gasteiger partial charge is 0.0473 e. The molecule has 0 radical (unpaired) electrons. The summed E-state index contributed by atoms with van der Waals surface area (Å²) in [6.45, 7) is 7.48. The van der Waals surface area contributed by atoms with E-state index in [4.69, 9.17) is 0 Å². The van der Waals surface area contributed by atoms with E-state index in [0.717, 1.165) is 25.1 Å². The number of aromatic nitrogens is 1. The molecule has 0 aliphatic heterocycles. The summed E-state index contributed by atoms with van der Waals surface area (Å²) < 4.78 is 0. The molecule has 2 heterocycles. The number of hydrogen-bond acceptors (Lipinski definition) is 3. The van der Waals surface area contributed by atoms with Crippen molar-refractivity contribution < 1.29 is 0 Å². The number of pyridine rings is 1. The molecule has 0 aliphatic rings. The quantitative estimate of drug-likeness (QED) is 0.864. The lowest BCUT2D eigenvalue weighted by Gasteiger charge is -2.17. The molecule has 1 unspecified atom stereocenters. The molecule has 2 nitrogen and oxygen atoms in total. The first-order valence-electron chi connectivity index (χ1n) is 6.95. The molecule has 2 aromatic heterocycles. The van der Waals surface area contributed by atoms with Crippen molar-refractivity contribution in [2.24, 2.45) is 0 Å². The highest BCUT2D eigenvalue weighted by Crippen LogP contribution is 2.26. The van der Waals surface area contributed by atoms with Crippen LogP contribution in [0.3, 0.4) is 0 Å². The highest BCUT2D eigenvalue weighted by molar-refractivity contribution is 7.10. The van der Waals surface area contributed by atoms with Gasteiger partial charge in [0, 0.05) is 29.2 Å². The summed E-state index contributed by atoms with van der Waals surface area (Å²) in [7, 11) is 0. The molecule has 1 N–H and O–H groups in total. The van der Waals surface area contributed by atoms with Crippen LogP contribution in [0.25, 0.3) is 0 Å². The number of thiophene rings is 1. The Hall–Kier alpha value is -1.19. The van der Waals surface area contributed by atoms with Gasteiger partial charge < -0.3 is 5.32 Å². The van der Waals surface area contributed by atoms with Crippen molar-refractivity contribution in [3.05, 3.63) is 51.5 Å². The SMILES string of the molecule is CCNC(Cc1ccc(CC)cn1)c1sccc1C. The zero-order valence-electron chi connectivity index (χ0n) is 11.9. The Morgan fingerprint density at radius 3 is 2.63 bits per heavy atom. The fourth-order valence-corrected chi connectivity index (χ4v) is 3.24. The minimum absolute atomic E-state index is 0.380. The molecular formula is C16H22N2S. The molecule has 2 aromatic rings. The Labute approximate surface area is 119 Å². The third kappa shape index (κ3) is 3.64. The van der Waals surface area contributed by atoms with Gasteiger partial charge in [0.2, 0.25) is 0 Å². The monoisotopic (exact) mass is 274 g/mol. The van der Waals surface area contributed by atoms with Crippen LogP contribution in [-0.4, -0.2) is 11.5 Å². The first-order chi connectivity index (χ1) is 9.24. The molecule has 0 amide bonds. The van der Waals surface area contributed by atoms with E-state index in [9.17, 15) is 0 Å². The van der Waals surface area contributed by atoms with Gasteiger partial charge in [0.1, 0.15) is 0 Å². The summed E-state index contributed by atoms with van der Waals surface area (Å²) in [5.41, 5.74) is 3.84. The molecule has 102 valence electrons. The first-order valence-corrected chi connectivity index (χ1v) is 7.83. The Bertz CT molecular complexity index is 502. The van der Waals surface area contributed by atoms with Gasteiger partial charge in [-0.05, 0) is 48.5 Å². The Morgan fingerprint density at radius 1 is 1.26 bits per heavy atom. The summed E-state index contributed by atoms with van der Waals surface area (Å²) in [5, 5.41) is 5.74. The first kappa shape index (κ1) is 14.2. The molecule has 0 spiro atoms. The van der Waals surface area contributed by atoms with E-state index in [1.54, 1.807) is 0 Å². The van der Waals surface area contributed by atoms with Crippen molar-refractivity contribution in [2.75, 3.05) is 6.54 Å². The molecule has 0 aliphatic carbocycles. The number of nitrogens with one attached hydrogen (secondary N) is 1. The molecule has 2 rings (SSSR count). The predicted molar refractivity (Wildman–Crippen MR) is 82.8 cm³/mol. The minimum Gasteiger partial charge on any atom is -0.309 e. The van der Waals surface area contributed by atoms with Crippen LogP contribution in [0.15, 0.2) is 29.8 Å². The Balaban J connectivity index is 2.14. The van der Waals surface area contributed by atoms with Gasteiger partial charge in [-0.25, -0.2) is 0 Å². The maximum absolute atomic E-state index is 4.58. The lowest BCUT2D eigenvalue weighted by atomic mass is 10.1. The zero-order valence-corrected chi connectivity index (χ0v) is 12.8. The average molecular weight is 274 g/mol. The number of likely N-dealkylation sites (N-methyl/N-ethyl adjacent to an activating group) is 1. The number of nitrogens with zero attached hydrogens (tertiary/aromatic N) is 1. The third-order valence-electron chi connectivity index (χ3n) is 3.38. The van der Waals surface area contributed by atoms with Gasteiger partial charge in [-0.15, -0.1) is 11.3 Å². The van der Waals surface area contributed by atoms with Crippen LogP contribution in [-0.2, 0) is 12.8 Å². The van der Waals surface area contributed by atoms with Gasteiger partial charge >= 0.3 is 0 Å². The Morgan fingerprint density at radius 2 is 2.11 bits per heavy atom. The van der Waals surface area contributed by atoms with Crippen LogP contribution < -0.4 is 5.32 Å². The van der Waals surface area contributed by atoms with Crippen molar-refractivity contribution >= 4 is 11.3 Å². The van der Waals surface area contributed by atoms with E-state index in [2.05, 4.69) is 54.7 Å². The van der Waals surface area contributed by atoms with Crippen molar-refractivity contribution in [1.82, 2.24) is 10.3 Å². The maximum Gasteiger partial charge on any atom is 0.0473 e. The second-order valence-electron chi connectivity index (χ2n) is 4.79. The lowest BCUT2D eigenvalue weighted by Crippen LogP contribution is -2.23. The molecule has 0 fully saturated rings.